The van der Waals surface area contributed by atoms with Gasteiger partial charge < -0.3 is 15.2 Å². The lowest BCUT2D eigenvalue weighted by Gasteiger charge is -2.09. The highest BCUT2D eigenvalue weighted by Gasteiger charge is 2.22. The number of carboxylic acid groups (broad SMARTS) is 1. The molecule has 0 aliphatic carbocycles. The standard InChI is InChI=1S/C14H10Br2N2O5S/c1-6(19)17-14-18-13(22)10(24-14)4-7-2-8(15)12(9(16)3-7)23-5-11(20)21/h2-4H,5H2,1H3,(H,20,21)(H,17,18,19,22)/b10-4+. The highest BCUT2D eigenvalue weighted by Crippen LogP contribution is 2.36. The van der Waals surface area contributed by atoms with Crippen LogP contribution in [0.4, 0.5) is 0 Å². The molecule has 0 saturated carbocycles. The molecule has 0 aromatic heterocycles. The van der Waals surface area contributed by atoms with Crippen LogP contribution in [0.1, 0.15) is 12.5 Å². The molecule has 1 aromatic rings. The molecule has 1 aromatic carbocycles. The van der Waals surface area contributed by atoms with Crippen molar-refractivity contribution in [1.29, 1.82) is 0 Å². The average Bonchev–Trinajstić information content (AvgIpc) is 2.76. The van der Waals surface area contributed by atoms with Crippen molar-refractivity contribution >= 4 is 72.6 Å². The number of nitrogens with zero attached hydrogens (tertiary/aromatic N) is 1. The van der Waals surface area contributed by atoms with E-state index < -0.39 is 18.5 Å². The smallest absolute Gasteiger partial charge is 0.341 e. The molecule has 7 nitrogen and oxygen atoms in total. The fourth-order valence-electron chi connectivity index (χ4n) is 1.70. The van der Waals surface area contributed by atoms with Crippen LogP contribution < -0.4 is 10.1 Å². The van der Waals surface area contributed by atoms with Gasteiger partial charge in [0.1, 0.15) is 5.75 Å². The molecule has 0 spiro atoms. The average molecular weight is 478 g/mol. The Labute approximate surface area is 157 Å². The minimum atomic E-state index is -1.09. The first-order valence-electron chi connectivity index (χ1n) is 6.40. The topological polar surface area (TPSA) is 105 Å². The molecule has 1 aliphatic rings. The maximum Gasteiger partial charge on any atom is 0.341 e. The van der Waals surface area contributed by atoms with Crippen molar-refractivity contribution in [3.05, 3.63) is 31.5 Å². The lowest BCUT2D eigenvalue weighted by molar-refractivity contribution is -0.139. The minimum absolute atomic E-state index is 0.235. The number of amides is 2. The zero-order chi connectivity index (χ0) is 17.9. The van der Waals surface area contributed by atoms with Gasteiger partial charge in [0.2, 0.25) is 5.91 Å². The van der Waals surface area contributed by atoms with Crippen molar-refractivity contribution in [3.63, 3.8) is 0 Å². The summed E-state index contributed by atoms with van der Waals surface area (Å²) >= 11 is 7.67. The Morgan fingerprint density at radius 1 is 1.38 bits per heavy atom. The van der Waals surface area contributed by atoms with Gasteiger partial charge in [-0.25, -0.2) is 4.79 Å². The maximum absolute atomic E-state index is 11.8. The van der Waals surface area contributed by atoms with E-state index in [0.29, 0.717) is 25.2 Å². The van der Waals surface area contributed by atoms with Gasteiger partial charge in [-0.3, -0.25) is 9.59 Å². The van der Waals surface area contributed by atoms with Crippen molar-refractivity contribution in [3.8, 4) is 5.75 Å². The molecule has 24 heavy (non-hydrogen) atoms. The summed E-state index contributed by atoms with van der Waals surface area (Å²) in [6, 6.07) is 3.36. The van der Waals surface area contributed by atoms with Crippen LogP contribution in [0.15, 0.2) is 31.0 Å². The molecular formula is C14H10Br2N2O5S. The van der Waals surface area contributed by atoms with Gasteiger partial charge in [0, 0.05) is 6.92 Å². The first-order valence-corrected chi connectivity index (χ1v) is 8.80. The van der Waals surface area contributed by atoms with Gasteiger partial charge in [0.25, 0.3) is 5.91 Å². The lowest BCUT2D eigenvalue weighted by atomic mass is 10.2. The van der Waals surface area contributed by atoms with Crippen LogP contribution in [0.5, 0.6) is 5.75 Å². The second kappa shape index (κ2) is 7.95. The Kier molecular flexibility index (Phi) is 6.19. The highest BCUT2D eigenvalue weighted by atomic mass is 79.9. The highest BCUT2D eigenvalue weighted by molar-refractivity contribution is 9.11. The summed E-state index contributed by atoms with van der Waals surface area (Å²) in [5.74, 6) is -1.49. The Balaban J connectivity index is 2.21. The SMILES string of the molecule is CC(=O)NC1=NC(=O)/C(=C\c2cc(Br)c(OCC(=O)O)c(Br)c2)S1. The van der Waals surface area contributed by atoms with Crippen molar-refractivity contribution < 1.29 is 24.2 Å². The number of halogens is 2. The summed E-state index contributed by atoms with van der Waals surface area (Å²) < 4.78 is 6.24. The van der Waals surface area contributed by atoms with Crippen LogP contribution >= 0.6 is 43.6 Å². The molecule has 2 rings (SSSR count). The van der Waals surface area contributed by atoms with Gasteiger partial charge in [0.05, 0.1) is 13.9 Å². The number of carbonyl (C=O) groups excluding carboxylic acids is 2. The second-order valence-corrected chi connectivity index (χ2v) is 7.25. The number of aliphatic imine (C=N–C) groups is 1. The zero-order valence-electron chi connectivity index (χ0n) is 12.1. The van der Waals surface area contributed by atoms with Crippen LogP contribution in [-0.2, 0) is 14.4 Å². The molecule has 2 amide bonds. The molecule has 0 unspecified atom stereocenters. The van der Waals surface area contributed by atoms with Crippen LogP contribution in [0.25, 0.3) is 6.08 Å². The largest absolute Gasteiger partial charge is 0.480 e. The molecule has 1 aliphatic heterocycles. The Bertz CT molecular complexity index is 768. The number of amidine groups is 1. The lowest BCUT2D eigenvalue weighted by Crippen LogP contribution is -2.23. The molecule has 2 N–H and O–H groups in total. The molecule has 1 heterocycles. The predicted molar refractivity (Wildman–Crippen MR) is 96.8 cm³/mol. The molecule has 0 atom stereocenters. The quantitative estimate of drug-likeness (QED) is 0.646. The first-order chi connectivity index (χ1) is 11.3. The molecule has 0 fully saturated rings. The molecule has 0 radical (unpaired) electrons. The fourth-order valence-corrected chi connectivity index (χ4v) is 4.01. The number of aliphatic carboxylic acids is 1. The summed E-state index contributed by atoms with van der Waals surface area (Å²) in [6.45, 7) is 0.860. The third-order valence-electron chi connectivity index (χ3n) is 2.56. The van der Waals surface area contributed by atoms with E-state index in [1.54, 1.807) is 18.2 Å². The van der Waals surface area contributed by atoms with E-state index >= 15 is 0 Å². The Morgan fingerprint density at radius 3 is 2.54 bits per heavy atom. The van der Waals surface area contributed by atoms with Gasteiger partial charge in [-0.05, 0) is 67.4 Å². The molecular weight excluding hydrogens is 468 g/mol. The van der Waals surface area contributed by atoms with Crippen molar-refractivity contribution in [1.82, 2.24) is 5.32 Å². The van der Waals surface area contributed by atoms with E-state index in [1.165, 1.54) is 6.92 Å². The third-order valence-corrected chi connectivity index (χ3v) is 4.64. The van der Waals surface area contributed by atoms with E-state index in [0.717, 1.165) is 11.8 Å². The molecule has 10 heteroatoms. The number of rotatable bonds is 4. The maximum atomic E-state index is 11.8. The zero-order valence-corrected chi connectivity index (χ0v) is 16.1. The summed E-state index contributed by atoms with van der Waals surface area (Å²) in [5.41, 5.74) is 0.673. The van der Waals surface area contributed by atoms with E-state index in [-0.39, 0.29) is 11.1 Å². The van der Waals surface area contributed by atoms with Crippen LogP contribution in [-0.4, -0.2) is 34.7 Å². The van der Waals surface area contributed by atoms with E-state index in [9.17, 15) is 14.4 Å². The normalized spacial score (nSPS) is 15.4. The third kappa shape index (κ3) is 4.92. The molecule has 126 valence electrons. The summed E-state index contributed by atoms with van der Waals surface area (Å²) in [4.78, 5) is 37.5. The van der Waals surface area contributed by atoms with Gasteiger partial charge in [-0.2, -0.15) is 4.99 Å². The number of benzene rings is 1. The van der Waals surface area contributed by atoms with E-state index in [4.69, 9.17) is 9.84 Å². The van der Waals surface area contributed by atoms with E-state index in [1.807, 2.05) is 0 Å². The van der Waals surface area contributed by atoms with Crippen molar-refractivity contribution in [2.24, 2.45) is 4.99 Å². The number of ether oxygens (including phenoxy) is 1. The molecule has 0 bridgehead atoms. The Hall–Kier alpha value is -1.65. The van der Waals surface area contributed by atoms with Crippen molar-refractivity contribution in [2.75, 3.05) is 6.61 Å². The van der Waals surface area contributed by atoms with Gasteiger partial charge in [0.15, 0.2) is 11.8 Å². The number of thioether (sulfide) groups is 1. The number of carbonyl (C=O) groups is 3. The van der Waals surface area contributed by atoms with Gasteiger partial charge in [-0.1, -0.05) is 0 Å². The monoisotopic (exact) mass is 476 g/mol. The van der Waals surface area contributed by atoms with Gasteiger partial charge in [-0.15, -0.1) is 0 Å². The summed E-state index contributed by atoms with van der Waals surface area (Å²) in [6.07, 6.45) is 1.61. The number of carboxylic acids is 1. The van der Waals surface area contributed by atoms with Crippen LogP contribution in [0.2, 0.25) is 0 Å². The van der Waals surface area contributed by atoms with E-state index in [2.05, 4.69) is 42.2 Å². The minimum Gasteiger partial charge on any atom is -0.480 e. The number of nitrogens with one attached hydrogen (secondary N) is 1. The summed E-state index contributed by atoms with van der Waals surface area (Å²) in [7, 11) is 0. The number of hydrogen-bond donors (Lipinski definition) is 2. The molecule has 0 saturated heterocycles. The predicted octanol–water partition coefficient (Wildman–Crippen LogP) is 2.78. The fraction of sp³-hybridized carbons (Fsp3) is 0.143. The van der Waals surface area contributed by atoms with Gasteiger partial charge >= 0.3 is 5.97 Å². The van der Waals surface area contributed by atoms with Crippen LogP contribution in [0.3, 0.4) is 0 Å². The van der Waals surface area contributed by atoms with Crippen LogP contribution in [0, 0.1) is 0 Å². The van der Waals surface area contributed by atoms with Crippen molar-refractivity contribution in [2.45, 2.75) is 6.92 Å². The second-order valence-electron chi connectivity index (χ2n) is 4.51. The summed E-state index contributed by atoms with van der Waals surface area (Å²) in [5, 5.41) is 11.4. The Morgan fingerprint density at radius 2 is 2.00 bits per heavy atom. The first kappa shape index (κ1) is 18.7. The number of hydrogen-bond acceptors (Lipinski definition) is 5.